The molecule has 3 aromatic carbocycles. The maximum absolute atomic E-state index is 13.1. The Hall–Kier alpha value is -3.31. The van der Waals surface area contributed by atoms with E-state index in [9.17, 15) is 9.90 Å². The van der Waals surface area contributed by atoms with Gasteiger partial charge in [0.15, 0.2) is 11.5 Å². The SMILES string of the molecule is O=C(Nc1cccc(-c2ccc(CO)cc2)c1)C1(c2ccc3c(c2)OCO3)CC1. The molecule has 5 nitrogen and oxygen atoms in total. The fourth-order valence-corrected chi connectivity index (χ4v) is 3.80. The molecule has 1 aliphatic carbocycles. The van der Waals surface area contributed by atoms with E-state index in [1.165, 1.54) is 0 Å². The quantitative estimate of drug-likeness (QED) is 0.687. The fourth-order valence-electron chi connectivity index (χ4n) is 3.80. The molecular formula is C24H21NO4. The first-order chi connectivity index (χ1) is 14.2. The van der Waals surface area contributed by atoms with Gasteiger partial charge in [-0.25, -0.2) is 0 Å². The molecule has 0 saturated heterocycles. The molecule has 1 heterocycles. The van der Waals surface area contributed by atoms with E-state index in [0.29, 0.717) is 5.75 Å². The molecule has 1 aliphatic heterocycles. The van der Waals surface area contributed by atoms with Crippen molar-refractivity contribution in [1.29, 1.82) is 0 Å². The minimum Gasteiger partial charge on any atom is -0.454 e. The number of rotatable bonds is 5. The lowest BCUT2D eigenvalue weighted by Crippen LogP contribution is -2.27. The van der Waals surface area contributed by atoms with Crippen molar-refractivity contribution in [2.24, 2.45) is 0 Å². The van der Waals surface area contributed by atoms with Gasteiger partial charge in [-0.1, -0.05) is 42.5 Å². The number of fused-ring (bicyclic) bond motifs is 1. The van der Waals surface area contributed by atoms with Crippen LogP contribution in [0.3, 0.4) is 0 Å². The van der Waals surface area contributed by atoms with Gasteiger partial charge in [-0.3, -0.25) is 4.79 Å². The molecule has 3 aromatic rings. The number of ether oxygens (including phenoxy) is 2. The molecule has 5 rings (SSSR count). The normalized spacial score (nSPS) is 15.8. The van der Waals surface area contributed by atoms with Crippen molar-refractivity contribution in [1.82, 2.24) is 0 Å². The van der Waals surface area contributed by atoms with Gasteiger partial charge in [0.05, 0.1) is 12.0 Å². The van der Waals surface area contributed by atoms with Crippen molar-refractivity contribution in [3.8, 4) is 22.6 Å². The van der Waals surface area contributed by atoms with Crippen molar-refractivity contribution in [3.63, 3.8) is 0 Å². The molecule has 1 saturated carbocycles. The van der Waals surface area contributed by atoms with Crippen LogP contribution >= 0.6 is 0 Å². The zero-order chi connectivity index (χ0) is 19.8. The number of benzene rings is 3. The Bertz CT molecular complexity index is 1070. The first-order valence-corrected chi connectivity index (χ1v) is 9.70. The van der Waals surface area contributed by atoms with Crippen LogP contribution in [0.1, 0.15) is 24.0 Å². The molecule has 2 N–H and O–H groups in total. The van der Waals surface area contributed by atoms with Crippen LogP contribution in [0, 0.1) is 0 Å². The molecule has 29 heavy (non-hydrogen) atoms. The van der Waals surface area contributed by atoms with E-state index >= 15 is 0 Å². The van der Waals surface area contributed by atoms with Crippen LogP contribution in [-0.4, -0.2) is 17.8 Å². The van der Waals surface area contributed by atoms with E-state index in [2.05, 4.69) is 5.32 Å². The van der Waals surface area contributed by atoms with Gasteiger partial charge in [-0.2, -0.15) is 0 Å². The average molecular weight is 387 g/mol. The highest BCUT2D eigenvalue weighted by Gasteiger charge is 2.51. The van der Waals surface area contributed by atoms with E-state index in [4.69, 9.17) is 9.47 Å². The Balaban J connectivity index is 1.37. The summed E-state index contributed by atoms with van der Waals surface area (Å²) in [4.78, 5) is 13.1. The van der Waals surface area contributed by atoms with Gasteiger partial charge >= 0.3 is 0 Å². The second-order valence-corrected chi connectivity index (χ2v) is 7.54. The molecular weight excluding hydrogens is 366 g/mol. The van der Waals surface area contributed by atoms with Crippen molar-refractivity contribution < 1.29 is 19.4 Å². The third-order valence-corrected chi connectivity index (χ3v) is 5.70. The zero-order valence-corrected chi connectivity index (χ0v) is 15.9. The van der Waals surface area contributed by atoms with Crippen molar-refractivity contribution >= 4 is 11.6 Å². The van der Waals surface area contributed by atoms with Gasteiger partial charge in [-0.15, -0.1) is 0 Å². The lowest BCUT2D eigenvalue weighted by atomic mass is 9.94. The highest BCUT2D eigenvalue weighted by molar-refractivity contribution is 6.01. The third kappa shape index (κ3) is 3.23. The molecule has 0 atom stereocenters. The fraction of sp³-hybridized carbons (Fsp3) is 0.208. The number of hydrogen-bond acceptors (Lipinski definition) is 4. The van der Waals surface area contributed by atoms with Crippen LogP contribution in [0.25, 0.3) is 11.1 Å². The standard InChI is InChI=1S/C24H21NO4/c26-14-16-4-6-17(7-5-16)18-2-1-3-20(12-18)25-23(27)24(10-11-24)19-8-9-21-22(13-19)29-15-28-21/h1-9,12-13,26H,10-11,14-15H2,(H,25,27). The summed E-state index contributed by atoms with van der Waals surface area (Å²) in [6.45, 7) is 0.252. The summed E-state index contributed by atoms with van der Waals surface area (Å²) in [5, 5.41) is 12.3. The Labute approximate surface area is 168 Å². The predicted molar refractivity (Wildman–Crippen MR) is 110 cm³/mol. The second kappa shape index (κ2) is 6.94. The summed E-state index contributed by atoms with van der Waals surface area (Å²) in [5.41, 5.74) is 4.16. The molecule has 0 aromatic heterocycles. The number of anilines is 1. The lowest BCUT2D eigenvalue weighted by molar-refractivity contribution is -0.118. The Morgan fingerprint density at radius 1 is 0.931 bits per heavy atom. The molecule has 1 fully saturated rings. The van der Waals surface area contributed by atoms with E-state index in [1.54, 1.807) is 0 Å². The Morgan fingerprint density at radius 3 is 2.48 bits per heavy atom. The summed E-state index contributed by atoms with van der Waals surface area (Å²) in [6, 6.07) is 21.3. The molecule has 0 radical (unpaired) electrons. The monoisotopic (exact) mass is 387 g/mol. The molecule has 1 amide bonds. The number of hydrogen-bond donors (Lipinski definition) is 2. The number of amides is 1. The predicted octanol–water partition coefficient (Wildman–Crippen LogP) is 4.24. The van der Waals surface area contributed by atoms with Crippen LogP contribution in [0.15, 0.2) is 66.7 Å². The van der Waals surface area contributed by atoms with Gasteiger partial charge in [0, 0.05) is 5.69 Å². The molecule has 2 aliphatic rings. The zero-order valence-electron chi connectivity index (χ0n) is 15.9. The molecule has 0 spiro atoms. The highest BCUT2D eigenvalue weighted by atomic mass is 16.7. The van der Waals surface area contributed by atoms with Crippen LogP contribution in [0.4, 0.5) is 5.69 Å². The van der Waals surface area contributed by atoms with Gasteiger partial charge in [0.25, 0.3) is 0 Å². The summed E-state index contributed by atoms with van der Waals surface area (Å²) in [7, 11) is 0. The van der Waals surface area contributed by atoms with Gasteiger partial charge < -0.3 is 19.9 Å². The van der Waals surface area contributed by atoms with E-state index in [0.717, 1.165) is 46.5 Å². The Kier molecular flexibility index (Phi) is 4.25. The van der Waals surface area contributed by atoms with Crippen LogP contribution in [0.5, 0.6) is 11.5 Å². The number of nitrogens with one attached hydrogen (secondary N) is 1. The molecule has 5 heteroatoms. The maximum atomic E-state index is 13.1. The van der Waals surface area contributed by atoms with E-state index < -0.39 is 5.41 Å². The first kappa shape index (κ1) is 17.8. The molecule has 146 valence electrons. The van der Waals surface area contributed by atoms with Crippen molar-refractivity contribution in [2.45, 2.75) is 24.9 Å². The van der Waals surface area contributed by atoms with Crippen LogP contribution in [-0.2, 0) is 16.8 Å². The number of aliphatic hydroxyl groups excluding tert-OH is 1. The molecule has 0 bridgehead atoms. The highest BCUT2D eigenvalue weighted by Crippen LogP contribution is 2.51. The number of aliphatic hydroxyl groups is 1. The van der Waals surface area contributed by atoms with Gasteiger partial charge in [0.2, 0.25) is 12.7 Å². The summed E-state index contributed by atoms with van der Waals surface area (Å²) in [5.74, 6) is 1.43. The Morgan fingerprint density at radius 2 is 1.72 bits per heavy atom. The maximum Gasteiger partial charge on any atom is 0.235 e. The lowest BCUT2D eigenvalue weighted by Gasteiger charge is -2.17. The largest absolute Gasteiger partial charge is 0.454 e. The van der Waals surface area contributed by atoms with Gasteiger partial charge in [0.1, 0.15) is 0 Å². The molecule has 0 unspecified atom stereocenters. The van der Waals surface area contributed by atoms with Crippen LogP contribution < -0.4 is 14.8 Å². The minimum absolute atomic E-state index is 0.00384. The minimum atomic E-state index is -0.500. The average Bonchev–Trinajstić information content (AvgIpc) is 3.45. The third-order valence-electron chi connectivity index (χ3n) is 5.70. The topological polar surface area (TPSA) is 67.8 Å². The second-order valence-electron chi connectivity index (χ2n) is 7.54. The van der Waals surface area contributed by atoms with Crippen molar-refractivity contribution in [2.75, 3.05) is 12.1 Å². The first-order valence-electron chi connectivity index (χ1n) is 9.70. The summed E-state index contributed by atoms with van der Waals surface area (Å²) in [6.07, 6.45) is 1.64. The number of carbonyl (C=O) groups excluding carboxylic acids is 1. The summed E-state index contributed by atoms with van der Waals surface area (Å²) >= 11 is 0. The van der Waals surface area contributed by atoms with Crippen LogP contribution in [0.2, 0.25) is 0 Å². The number of carbonyl (C=O) groups is 1. The van der Waals surface area contributed by atoms with Gasteiger partial charge in [-0.05, 0) is 59.4 Å². The van der Waals surface area contributed by atoms with E-state index in [-0.39, 0.29) is 19.3 Å². The van der Waals surface area contributed by atoms with Crippen molar-refractivity contribution in [3.05, 3.63) is 77.9 Å². The van der Waals surface area contributed by atoms with E-state index in [1.807, 2.05) is 66.7 Å². The summed E-state index contributed by atoms with van der Waals surface area (Å²) < 4.78 is 10.8. The smallest absolute Gasteiger partial charge is 0.235 e.